The maximum Gasteiger partial charge on any atom is 0.407 e. The number of imide groups is 1. The molecule has 2 aromatic carbocycles. The minimum Gasteiger partial charge on any atom is -0.457 e. The quantitative estimate of drug-likeness (QED) is 0.366. The molecule has 0 aliphatic carbocycles. The van der Waals surface area contributed by atoms with E-state index in [9.17, 15) is 14.4 Å². The van der Waals surface area contributed by atoms with Crippen molar-refractivity contribution < 1.29 is 23.9 Å². The van der Waals surface area contributed by atoms with Crippen molar-refractivity contribution >= 4 is 17.9 Å². The third-order valence-electron chi connectivity index (χ3n) is 5.38. The van der Waals surface area contributed by atoms with Crippen molar-refractivity contribution in [3.05, 3.63) is 59.2 Å². The molecule has 1 aliphatic rings. The predicted molar refractivity (Wildman–Crippen MR) is 130 cm³/mol. The first-order valence-corrected chi connectivity index (χ1v) is 11.9. The average Bonchev–Trinajstić information content (AvgIpc) is 2.74. The number of amides is 3. The van der Waals surface area contributed by atoms with Gasteiger partial charge in [-0.05, 0) is 69.4 Å². The molecule has 0 bridgehead atoms. The van der Waals surface area contributed by atoms with Gasteiger partial charge >= 0.3 is 6.09 Å². The first-order chi connectivity index (χ1) is 16.2. The summed E-state index contributed by atoms with van der Waals surface area (Å²) < 4.78 is 11.2. The molecule has 0 aromatic heterocycles. The largest absolute Gasteiger partial charge is 0.457 e. The first-order valence-electron chi connectivity index (χ1n) is 11.9. The SMILES string of the molecule is CC(C)(C)OC(=O)NCCCCCCCc1cccc(Oc2cccc3c2C(=O)NC(=O)C3)c1. The van der Waals surface area contributed by atoms with Crippen LogP contribution in [0.3, 0.4) is 0 Å². The maximum absolute atomic E-state index is 12.3. The number of aryl methyl sites for hydroxylation is 1. The van der Waals surface area contributed by atoms with Gasteiger partial charge in [0, 0.05) is 6.54 Å². The van der Waals surface area contributed by atoms with E-state index in [4.69, 9.17) is 9.47 Å². The van der Waals surface area contributed by atoms with E-state index in [0.29, 0.717) is 29.2 Å². The third-order valence-corrected chi connectivity index (χ3v) is 5.38. The number of carbonyl (C=O) groups excluding carboxylic acids is 3. The van der Waals surface area contributed by atoms with Crippen molar-refractivity contribution in [1.82, 2.24) is 10.6 Å². The average molecular weight is 467 g/mol. The molecule has 7 nitrogen and oxygen atoms in total. The lowest BCUT2D eigenvalue weighted by Gasteiger charge is -2.19. The number of fused-ring (bicyclic) bond motifs is 1. The molecule has 0 atom stereocenters. The van der Waals surface area contributed by atoms with Gasteiger partial charge in [-0.2, -0.15) is 0 Å². The number of alkyl carbamates (subject to hydrolysis) is 1. The number of hydrogen-bond donors (Lipinski definition) is 2. The summed E-state index contributed by atoms with van der Waals surface area (Å²) in [6.45, 7) is 6.18. The van der Waals surface area contributed by atoms with Crippen molar-refractivity contribution in [3.63, 3.8) is 0 Å². The summed E-state index contributed by atoms with van der Waals surface area (Å²) in [5, 5.41) is 5.14. The summed E-state index contributed by atoms with van der Waals surface area (Å²) >= 11 is 0. The molecule has 0 fully saturated rings. The van der Waals surface area contributed by atoms with Gasteiger partial charge in [-0.25, -0.2) is 4.79 Å². The van der Waals surface area contributed by atoms with E-state index in [1.54, 1.807) is 18.2 Å². The van der Waals surface area contributed by atoms with Crippen molar-refractivity contribution in [2.24, 2.45) is 0 Å². The number of carbonyl (C=O) groups is 3. The lowest BCUT2D eigenvalue weighted by atomic mass is 9.99. The first kappa shape index (κ1) is 25.3. The van der Waals surface area contributed by atoms with Crippen LogP contribution in [0.1, 0.15) is 74.4 Å². The van der Waals surface area contributed by atoms with Gasteiger partial charge in [-0.1, -0.05) is 43.5 Å². The molecule has 3 amide bonds. The fourth-order valence-electron chi connectivity index (χ4n) is 3.85. The molecule has 0 spiro atoms. The number of benzene rings is 2. The van der Waals surface area contributed by atoms with E-state index in [1.807, 2.05) is 39.0 Å². The van der Waals surface area contributed by atoms with Crippen LogP contribution in [0.4, 0.5) is 4.79 Å². The van der Waals surface area contributed by atoms with E-state index in [-0.39, 0.29) is 18.4 Å². The number of unbranched alkanes of at least 4 members (excludes halogenated alkanes) is 4. The minimum atomic E-state index is -0.470. The second kappa shape index (κ2) is 11.7. The van der Waals surface area contributed by atoms with Gasteiger partial charge in [0.25, 0.3) is 5.91 Å². The Bertz CT molecular complexity index is 1030. The fourth-order valence-corrected chi connectivity index (χ4v) is 3.85. The van der Waals surface area contributed by atoms with Gasteiger partial charge in [0.05, 0.1) is 12.0 Å². The van der Waals surface area contributed by atoms with Crippen molar-refractivity contribution in [1.29, 1.82) is 0 Å². The lowest BCUT2D eigenvalue weighted by Crippen LogP contribution is -2.37. The van der Waals surface area contributed by atoms with Crippen LogP contribution in [0.2, 0.25) is 0 Å². The monoisotopic (exact) mass is 466 g/mol. The van der Waals surface area contributed by atoms with Crippen LogP contribution >= 0.6 is 0 Å². The zero-order valence-corrected chi connectivity index (χ0v) is 20.2. The summed E-state index contributed by atoms with van der Waals surface area (Å²) in [6, 6.07) is 13.2. The summed E-state index contributed by atoms with van der Waals surface area (Å²) in [5.41, 5.74) is 1.81. The Balaban J connectivity index is 1.40. The molecule has 1 aliphatic heterocycles. The molecule has 0 saturated carbocycles. The Morgan fingerprint density at radius 2 is 1.74 bits per heavy atom. The van der Waals surface area contributed by atoms with Gasteiger partial charge in [-0.15, -0.1) is 0 Å². The standard InChI is InChI=1S/C27H34N2O5/c1-27(2,3)34-26(32)28-16-8-6-4-5-7-11-19-12-9-14-21(17-19)33-22-15-10-13-20-18-23(30)29-25(31)24(20)22/h9-10,12-15,17H,4-8,11,16,18H2,1-3H3,(H,28,32)(H,29,30,31). The second-order valence-corrected chi connectivity index (χ2v) is 9.54. The number of rotatable bonds is 10. The number of hydrogen-bond acceptors (Lipinski definition) is 5. The van der Waals surface area contributed by atoms with Crippen LogP contribution in [0, 0.1) is 0 Å². The molecule has 3 rings (SSSR count). The van der Waals surface area contributed by atoms with E-state index in [1.165, 1.54) is 5.56 Å². The predicted octanol–water partition coefficient (Wildman–Crippen LogP) is 5.31. The smallest absolute Gasteiger partial charge is 0.407 e. The number of ether oxygens (including phenoxy) is 2. The summed E-state index contributed by atoms with van der Waals surface area (Å²) in [7, 11) is 0. The van der Waals surface area contributed by atoms with Crippen LogP contribution in [0.15, 0.2) is 42.5 Å². The van der Waals surface area contributed by atoms with E-state index in [2.05, 4.69) is 16.7 Å². The molecular formula is C27H34N2O5. The van der Waals surface area contributed by atoms with Crippen LogP contribution in [0.5, 0.6) is 11.5 Å². The zero-order chi connectivity index (χ0) is 24.6. The van der Waals surface area contributed by atoms with Crippen LogP contribution in [-0.4, -0.2) is 30.1 Å². The molecule has 0 unspecified atom stereocenters. The molecule has 1 heterocycles. The molecular weight excluding hydrogens is 432 g/mol. The van der Waals surface area contributed by atoms with E-state index >= 15 is 0 Å². The third kappa shape index (κ3) is 7.90. The van der Waals surface area contributed by atoms with Crippen molar-refractivity contribution in [2.75, 3.05) is 6.54 Å². The van der Waals surface area contributed by atoms with Gasteiger partial charge in [-0.3, -0.25) is 14.9 Å². The normalized spacial score (nSPS) is 13.1. The molecule has 182 valence electrons. The number of nitrogens with one attached hydrogen (secondary N) is 2. The van der Waals surface area contributed by atoms with E-state index in [0.717, 1.165) is 38.5 Å². The van der Waals surface area contributed by atoms with Gasteiger partial charge in [0.15, 0.2) is 0 Å². The highest BCUT2D eigenvalue weighted by molar-refractivity contribution is 6.11. The Labute approximate surface area is 201 Å². The highest BCUT2D eigenvalue weighted by Gasteiger charge is 2.26. The lowest BCUT2D eigenvalue weighted by molar-refractivity contribution is -0.119. The van der Waals surface area contributed by atoms with Gasteiger partial charge in [0.1, 0.15) is 17.1 Å². The Hall–Kier alpha value is -3.35. The van der Waals surface area contributed by atoms with Crippen LogP contribution < -0.4 is 15.4 Å². The van der Waals surface area contributed by atoms with Crippen LogP contribution in [-0.2, 0) is 22.4 Å². The van der Waals surface area contributed by atoms with Crippen molar-refractivity contribution in [2.45, 2.75) is 71.3 Å². The maximum atomic E-state index is 12.3. The molecule has 2 aromatic rings. The second-order valence-electron chi connectivity index (χ2n) is 9.54. The van der Waals surface area contributed by atoms with E-state index < -0.39 is 11.5 Å². The zero-order valence-electron chi connectivity index (χ0n) is 20.2. The summed E-state index contributed by atoms with van der Waals surface area (Å²) in [5.74, 6) is 0.415. The highest BCUT2D eigenvalue weighted by atomic mass is 16.6. The Morgan fingerprint density at radius 1 is 1.00 bits per heavy atom. The topological polar surface area (TPSA) is 93.7 Å². The highest BCUT2D eigenvalue weighted by Crippen LogP contribution is 2.30. The molecule has 2 N–H and O–H groups in total. The fraction of sp³-hybridized carbons (Fsp3) is 0.444. The minimum absolute atomic E-state index is 0.176. The van der Waals surface area contributed by atoms with Crippen LogP contribution in [0.25, 0.3) is 0 Å². The molecule has 34 heavy (non-hydrogen) atoms. The van der Waals surface area contributed by atoms with Gasteiger partial charge in [0.2, 0.25) is 5.91 Å². The summed E-state index contributed by atoms with van der Waals surface area (Å²) in [6.07, 6.45) is 6.03. The Morgan fingerprint density at radius 3 is 2.53 bits per heavy atom. The Kier molecular flexibility index (Phi) is 8.68. The summed E-state index contributed by atoms with van der Waals surface area (Å²) in [4.78, 5) is 35.5. The molecule has 0 saturated heterocycles. The van der Waals surface area contributed by atoms with Gasteiger partial charge < -0.3 is 14.8 Å². The van der Waals surface area contributed by atoms with Crippen molar-refractivity contribution in [3.8, 4) is 11.5 Å². The molecule has 0 radical (unpaired) electrons. The molecule has 7 heteroatoms.